The predicted octanol–water partition coefficient (Wildman–Crippen LogP) is 0.415. The minimum Gasteiger partial charge on any atom is -0.393 e. The fourth-order valence-electron chi connectivity index (χ4n) is 2.13. The van der Waals surface area contributed by atoms with Crippen LogP contribution in [0.3, 0.4) is 0 Å². The van der Waals surface area contributed by atoms with Crippen LogP contribution in [-0.2, 0) is 16.0 Å². The Morgan fingerprint density at radius 1 is 1.16 bits per heavy atom. The first-order valence-electron chi connectivity index (χ1n) is 6.33. The van der Waals surface area contributed by atoms with E-state index >= 15 is 0 Å². The Labute approximate surface area is 112 Å². The predicted molar refractivity (Wildman–Crippen MR) is 71.8 cm³/mol. The second-order valence-corrected chi connectivity index (χ2v) is 4.90. The first kappa shape index (κ1) is 13.5. The Balaban J connectivity index is 2.14. The summed E-state index contributed by atoms with van der Waals surface area (Å²) < 4.78 is 0. The minimum atomic E-state index is -0.489. The molecule has 1 fully saturated rings. The Morgan fingerprint density at radius 2 is 1.79 bits per heavy atom. The highest BCUT2D eigenvalue weighted by Gasteiger charge is 2.30. The molecule has 1 aliphatic heterocycles. The zero-order valence-electron chi connectivity index (χ0n) is 11.2. The van der Waals surface area contributed by atoms with Crippen LogP contribution in [0.25, 0.3) is 0 Å². The zero-order chi connectivity index (χ0) is 14.0. The molecule has 0 spiro atoms. The summed E-state index contributed by atoms with van der Waals surface area (Å²) in [4.78, 5) is 26.4. The number of anilines is 1. The topological polar surface area (TPSA) is 60.9 Å². The molecule has 0 saturated carbocycles. The summed E-state index contributed by atoms with van der Waals surface area (Å²) in [5.74, 6) is -0.962. The van der Waals surface area contributed by atoms with Crippen molar-refractivity contribution in [2.24, 2.45) is 0 Å². The molecular formula is C14H18N2O3. The van der Waals surface area contributed by atoms with E-state index in [1.807, 2.05) is 24.3 Å². The first-order valence-corrected chi connectivity index (χ1v) is 6.33. The third-order valence-corrected chi connectivity index (χ3v) is 3.21. The van der Waals surface area contributed by atoms with E-state index in [-0.39, 0.29) is 0 Å². The molecule has 102 valence electrons. The molecular weight excluding hydrogens is 244 g/mol. The lowest BCUT2D eigenvalue weighted by Gasteiger charge is -2.31. The molecule has 1 aliphatic rings. The van der Waals surface area contributed by atoms with Crippen LogP contribution in [0.2, 0.25) is 0 Å². The average molecular weight is 262 g/mol. The van der Waals surface area contributed by atoms with Gasteiger partial charge in [-0.25, -0.2) is 0 Å². The summed E-state index contributed by atoms with van der Waals surface area (Å²) in [5, 5.41) is 9.32. The molecule has 5 heteroatoms. The van der Waals surface area contributed by atoms with Crippen LogP contribution in [-0.4, -0.2) is 48.1 Å². The van der Waals surface area contributed by atoms with Crippen molar-refractivity contribution < 1.29 is 14.7 Å². The number of nitrogens with zero attached hydrogens (tertiary/aromatic N) is 2. The van der Waals surface area contributed by atoms with Crippen molar-refractivity contribution in [3.8, 4) is 0 Å². The summed E-state index contributed by atoms with van der Waals surface area (Å²) in [6.07, 6.45) is 0.188. The van der Waals surface area contributed by atoms with Gasteiger partial charge in [0.1, 0.15) is 0 Å². The van der Waals surface area contributed by atoms with Gasteiger partial charge in [0.15, 0.2) is 0 Å². The van der Waals surface area contributed by atoms with Crippen LogP contribution >= 0.6 is 0 Å². The smallest absolute Gasteiger partial charge is 0.316 e. The number of aliphatic hydroxyl groups excluding tert-OH is 1. The largest absolute Gasteiger partial charge is 0.393 e. The third kappa shape index (κ3) is 2.93. The molecule has 0 radical (unpaired) electrons. The summed E-state index contributed by atoms with van der Waals surface area (Å²) >= 11 is 0. The molecule has 1 aromatic carbocycles. The van der Waals surface area contributed by atoms with E-state index in [9.17, 15) is 14.7 Å². The second kappa shape index (κ2) is 5.40. The zero-order valence-corrected chi connectivity index (χ0v) is 11.2. The number of amides is 2. The third-order valence-electron chi connectivity index (χ3n) is 3.21. The Hall–Kier alpha value is -1.88. The summed E-state index contributed by atoms with van der Waals surface area (Å²) in [7, 11) is 1.63. The number of piperazine rings is 1. The van der Waals surface area contributed by atoms with Crippen LogP contribution in [0.1, 0.15) is 12.5 Å². The van der Waals surface area contributed by atoms with Gasteiger partial charge in [0, 0.05) is 25.8 Å². The summed E-state index contributed by atoms with van der Waals surface area (Å²) in [5.41, 5.74) is 1.73. The lowest BCUT2D eigenvalue weighted by atomic mass is 10.1. The fraction of sp³-hybridized carbons (Fsp3) is 0.429. The Morgan fingerprint density at radius 3 is 2.37 bits per heavy atom. The van der Waals surface area contributed by atoms with Gasteiger partial charge in [-0.15, -0.1) is 0 Å². The van der Waals surface area contributed by atoms with Gasteiger partial charge in [-0.1, -0.05) is 12.1 Å². The Bertz CT molecular complexity index is 482. The highest BCUT2D eigenvalue weighted by Crippen LogP contribution is 2.18. The van der Waals surface area contributed by atoms with Crippen molar-refractivity contribution in [3.05, 3.63) is 29.8 Å². The number of likely N-dealkylation sites (N-methyl/N-ethyl adjacent to an activating group) is 1. The quantitative estimate of drug-likeness (QED) is 0.803. The van der Waals surface area contributed by atoms with Crippen molar-refractivity contribution in [1.82, 2.24) is 4.90 Å². The standard InChI is InChI=1S/C14H18N2O3/c1-10(17)9-11-3-5-12(6-4-11)16-8-7-15(2)13(18)14(16)19/h3-6,10,17H,7-9H2,1-2H3. The van der Waals surface area contributed by atoms with E-state index < -0.39 is 17.9 Å². The van der Waals surface area contributed by atoms with Gasteiger partial charge in [0.25, 0.3) is 0 Å². The van der Waals surface area contributed by atoms with Crippen LogP contribution < -0.4 is 4.90 Å². The second-order valence-electron chi connectivity index (χ2n) is 4.90. The van der Waals surface area contributed by atoms with Crippen molar-refractivity contribution in [1.29, 1.82) is 0 Å². The van der Waals surface area contributed by atoms with Gasteiger partial charge in [-0.05, 0) is 31.0 Å². The molecule has 1 N–H and O–H groups in total. The average Bonchev–Trinajstić information content (AvgIpc) is 2.37. The molecule has 5 nitrogen and oxygen atoms in total. The highest BCUT2D eigenvalue weighted by molar-refractivity contribution is 6.40. The number of aliphatic hydroxyl groups is 1. The van der Waals surface area contributed by atoms with Gasteiger partial charge >= 0.3 is 11.8 Å². The maximum atomic E-state index is 11.9. The molecule has 1 atom stereocenters. The van der Waals surface area contributed by atoms with Crippen LogP contribution in [0.15, 0.2) is 24.3 Å². The van der Waals surface area contributed by atoms with E-state index in [2.05, 4.69) is 0 Å². The SMILES string of the molecule is CC(O)Cc1ccc(N2CCN(C)C(=O)C2=O)cc1. The first-order chi connectivity index (χ1) is 8.99. The molecule has 0 aromatic heterocycles. The number of hydrogen-bond acceptors (Lipinski definition) is 3. The monoisotopic (exact) mass is 262 g/mol. The van der Waals surface area contributed by atoms with Crippen molar-refractivity contribution in [2.45, 2.75) is 19.4 Å². The van der Waals surface area contributed by atoms with E-state index in [1.54, 1.807) is 14.0 Å². The van der Waals surface area contributed by atoms with Crippen molar-refractivity contribution in [3.63, 3.8) is 0 Å². The number of benzene rings is 1. The summed E-state index contributed by atoms with van der Waals surface area (Å²) in [6, 6.07) is 7.37. The molecule has 1 heterocycles. The van der Waals surface area contributed by atoms with Crippen LogP contribution in [0.5, 0.6) is 0 Å². The van der Waals surface area contributed by atoms with E-state index in [0.29, 0.717) is 19.5 Å². The van der Waals surface area contributed by atoms with Gasteiger partial charge in [0.2, 0.25) is 0 Å². The Kier molecular flexibility index (Phi) is 3.85. The highest BCUT2D eigenvalue weighted by atomic mass is 16.3. The maximum absolute atomic E-state index is 11.9. The number of carbonyl (C=O) groups is 2. The molecule has 2 rings (SSSR count). The van der Waals surface area contributed by atoms with Gasteiger partial charge in [-0.2, -0.15) is 0 Å². The molecule has 1 aromatic rings. The minimum absolute atomic E-state index is 0.391. The molecule has 19 heavy (non-hydrogen) atoms. The fourth-order valence-corrected chi connectivity index (χ4v) is 2.13. The van der Waals surface area contributed by atoms with E-state index in [4.69, 9.17) is 0 Å². The van der Waals surface area contributed by atoms with E-state index in [0.717, 1.165) is 11.3 Å². The molecule has 2 amide bonds. The van der Waals surface area contributed by atoms with Crippen LogP contribution in [0, 0.1) is 0 Å². The van der Waals surface area contributed by atoms with Gasteiger partial charge in [0.05, 0.1) is 6.10 Å². The van der Waals surface area contributed by atoms with Crippen molar-refractivity contribution >= 4 is 17.5 Å². The number of carbonyl (C=O) groups excluding carboxylic acids is 2. The number of rotatable bonds is 3. The lowest BCUT2D eigenvalue weighted by Crippen LogP contribution is -2.53. The number of hydrogen-bond donors (Lipinski definition) is 1. The maximum Gasteiger partial charge on any atom is 0.316 e. The van der Waals surface area contributed by atoms with Gasteiger partial charge < -0.3 is 14.9 Å². The van der Waals surface area contributed by atoms with Crippen LogP contribution in [0.4, 0.5) is 5.69 Å². The summed E-state index contributed by atoms with van der Waals surface area (Å²) in [6.45, 7) is 2.79. The molecule has 0 bridgehead atoms. The normalized spacial score (nSPS) is 17.8. The molecule has 0 aliphatic carbocycles. The molecule has 1 saturated heterocycles. The lowest BCUT2D eigenvalue weighted by molar-refractivity contribution is -0.145. The van der Waals surface area contributed by atoms with Crippen molar-refractivity contribution in [2.75, 3.05) is 25.0 Å². The van der Waals surface area contributed by atoms with E-state index in [1.165, 1.54) is 9.80 Å². The molecule has 1 unspecified atom stereocenters. The van der Waals surface area contributed by atoms with Gasteiger partial charge in [-0.3, -0.25) is 9.59 Å².